The number of rotatable bonds is 4. The van der Waals surface area contributed by atoms with Gasteiger partial charge in [0.05, 0.1) is 0 Å². The van der Waals surface area contributed by atoms with Crippen molar-refractivity contribution in [3.8, 4) is 11.1 Å². The van der Waals surface area contributed by atoms with Crippen molar-refractivity contribution in [2.75, 3.05) is 45.2 Å². The lowest BCUT2D eigenvalue weighted by Gasteiger charge is -2.35. The highest BCUT2D eigenvalue weighted by Gasteiger charge is 2.38. The SMILES string of the molecule is CN(C)C1CCN(C(=O)c2cc(-c3cnc(N4CCCC4)nc3)cn2C)CC1.O=C(O)C(F)(F)F. The van der Waals surface area contributed by atoms with Crippen LogP contribution in [0.25, 0.3) is 11.1 Å². The fourth-order valence-electron chi connectivity index (χ4n) is 4.23. The van der Waals surface area contributed by atoms with Gasteiger partial charge in [-0.3, -0.25) is 4.79 Å². The zero-order valence-electron chi connectivity index (χ0n) is 20.1. The molecule has 2 fully saturated rings. The Morgan fingerprint density at radius 2 is 1.57 bits per heavy atom. The molecule has 1 N–H and O–H groups in total. The second-order valence-corrected chi connectivity index (χ2v) is 8.98. The molecule has 0 aliphatic carbocycles. The molecule has 4 heterocycles. The van der Waals surface area contributed by atoms with Crippen molar-refractivity contribution in [3.63, 3.8) is 0 Å². The molecule has 4 rings (SSSR count). The Balaban J connectivity index is 0.000000429. The molecule has 2 aliphatic heterocycles. The van der Waals surface area contributed by atoms with Gasteiger partial charge >= 0.3 is 12.1 Å². The van der Waals surface area contributed by atoms with Crippen LogP contribution < -0.4 is 4.90 Å². The first-order chi connectivity index (χ1) is 16.5. The first-order valence-corrected chi connectivity index (χ1v) is 11.5. The lowest BCUT2D eigenvalue weighted by Crippen LogP contribution is -2.44. The fraction of sp³-hybridized carbons (Fsp3) is 0.565. The number of halogens is 3. The third kappa shape index (κ3) is 6.71. The Hall–Kier alpha value is -3.15. The van der Waals surface area contributed by atoms with E-state index in [4.69, 9.17) is 9.90 Å². The minimum Gasteiger partial charge on any atom is -0.475 e. The van der Waals surface area contributed by atoms with Crippen LogP contribution in [0, 0.1) is 0 Å². The molecule has 9 nitrogen and oxygen atoms in total. The van der Waals surface area contributed by atoms with Crippen LogP contribution in [-0.4, -0.2) is 93.8 Å². The van der Waals surface area contributed by atoms with Crippen molar-refractivity contribution in [1.82, 2.24) is 24.3 Å². The van der Waals surface area contributed by atoms with Crippen molar-refractivity contribution in [1.29, 1.82) is 0 Å². The van der Waals surface area contributed by atoms with Crippen LogP contribution in [-0.2, 0) is 11.8 Å². The summed E-state index contributed by atoms with van der Waals surface area (Å²) in [5, 5.41) is 7.12. The summed E-state index contributed by atoms with van der Waals surface area (Å²) in [7, 11) is 6.16. The Morgan fingerprint density at radius 1 is 1.03 bits per heavy atom. The normalized spacial score (nSPS) is 16.9. The van der Waals surface area contributed by atoms with Crippen molar-refractivity contribution in [3.05, 3.63) is 30.4 Å². The van der Waals surface area contributed by atoms with Crippen LogP contribution in [0.1, 0.15) is 36.2 Å². The molecular formula is C23H31F3N6O3. The fourth-order valence-corrected chi connectivity index (χ4v) is 4.23. The molecule has 2 saturated heterocycles. The smallest absolute Gasteiger partial charge is 0.475 e. The summed E-state index contributed by atoms with van der Waals surface area (Å²) in [5.74, 6) is -1.84. The van der Waals surface area contributed by atoms with E-state index in [0.717, 1.165) is 61.8 Å². The number of carbonyl (C=O) groups is 2. The Labute approximate surface area is 202 Å². The maximum Gasteiger partial charge on any atom is 0.490 e. The Bertz CT molecular complexity index is 1010. The highest BCUT2D eigenvalue weighted by molar-refractivity contribution is 5.94. The quantitative estimate of drug-likeness (QED) is 0.696. The molecule has 192 valence electrons. The Morgan fingerprint density at radius 3 is 2.06 bits per heavy atom. The highest BCUT2D eigenvalue weighted by Crippen LogP contribution is 2.24. The summed E-state index contributed by atoms with van der Waals surface area (Å²) in [4.78, 5) is 37.5. The van der Waals surface area contributed by atoms with Crippen molar-refractivity contribution < 1.29 is 27.9 Å². The monoisotopic (exact) mass is 496 g/mol. The lowest BCUT2D eigenvalue weighted by atomic mass is 10.0. The van der Waals surface area contributed by atoms with E-state index in [1.54, 1.807) is 0 Å². The molecule has 1 amide bonds. The largest absolute Gasteiger partial charge is 0.490 e. The predicted molar refractivity (Wildman–Crippen MR) is 124 cm³/mol. The number of anilines is 1. The number of carbonyl (C=O) groups excluding carboxylic acids is 1. The number of alkyl halides is 3. The van der Waals surface area contributed by atoms with E-state index in [1.807, 2.05) is 41.2 Å². The van der Waals surface area contributed by atoms with Gasteiger partial charge < -0.3 is 24.4 Å². The van der Waals surface area contributed by atoms with Crippen molar-refractivity contribution >= 4 is 17.8 Å². The second-order valence-electron chi connectivity index (χ2n) is 8.98. The third-order valence-electron chi connectivity index (χ3n) is 6.31. The molecule has 0 radical (unpaired) electrons. The average molecular weight is 497 g/mol. The number of carboxylic acids is 1. The maximum atomic E-state index is 13.0. The van der Waals surface area contributed by atoms with E-state index < -0.39 is 12.1 Å². The average Bonchev–Trinajstić information content (AvgIpc) is 3.49. The van der Waals surface area contributed by atoms with Crippen molar-refractivity contribution in [2.24, 2.45) is 7.05 Å². The van der Waals surface area contributed by atoms with Gasteiger partial charge in [0.15, 0.2) is 0 Å². The summed E-state index contributed by atoms with van der Waals surface area (Å²) < 4.78 is 33.7. The topological polar surface area (TPSA) is 94.8 Å². The number of likely N-dealkylation sites (tertiary alicyclic amines) is 1. The van der Waals surface area contributed by atoms with Crippen LogP contribution in [0.15, 0.2) is 24.7 Å². The van der Waals surface area contributed by atoms with Crippen LogP contribution in [0.3, 0.4) is 0 Å². The number of piperidine rings is 1. The van der Waals surface area contributed by atoms with Gasteiger partial charge in [0.1, 0.15) is 5.69 Å². The summed E-state index contributed by atoms with van der Waals surface area (Å²) in [6, 6.07) is 2.54. The van der Waals surface area contributed by atoms with Gasteiger partial charge in [-0.2, -0.15) is 13.2 Å². The third-order valence-corrected chi connectivity index (χ3v) is 6.31. The van der Waals surface area contributed by atoms with Crippen LogP contribution in [0.4, 0.5) is 19.1 Å². The molecule has 2 aromatic heterocycles. The highest BCUT2D eigenvalue weighted by atomic mass is 19.4. The van der Waals surface area contributed by atoms with E-state index >= 15 is 0 Å². The first kappa shape index (κ1) is 26.5. The molecule has 0 atom stereocenters. The summed E-state index contributed by atoms with van der Waals surface area (Å²) in [5.41, 5.74) is 2.66. The number of amides is 1. The number of aromatic nitrogens is 3. The van der Waals surface area contributed by atoms with Gasteiger partial charge in [-0.15, -0.1) is 0 Å². The molecule has 0 saturated carbocycles. The molecule has 2 aromatic rings. The maximum absolute atomic E-state index is 13.0. The van der Waals surface area contributed by atoms with Crippen LogP contribution in [0.2, 0.25) is 0 Å². The minimum atomic E-state index is -5.08. The number of nitrogens with zero attached hydrogens (tertiary/aromatic N) is 6. The van der Waals surface area contributed by atoms with E-state index in [0.29, 0.717) is 6.04 Å². The standard InChI is InChI=1S/C21H30N6O.C2HF3O2/c1-24(2)18-6-10-26(11-7-18)20(28)19-12-16(15-25(19)3)17-13-22-21(23-14-17)27-8-4-5-9-27;3-2(4,5)1(6)7/h12-15,18H,4-11H2,1-3H3;(H,6,7). The molecule has 0 bridgehead atoms. The van der Waals surface area contributed by atoms with E-state index in [1.165, 1.54) is 12.8 Å². The van der Waals surface area contributed by atoms with E-state index in [9.17, 15) is 18.0 Å². The summed E-state index contributed by atoms with van der Waals surface area (Å²) >= 11 is 0. The number of hydrogen-bond acceptors (Lipinski definition) is 6. The van der Waals surface area contributed by atoms with Gasteiger partial charge in [-0.1, -0.05) is 0 Å². The molecule has 12 heteroatoms. The number of aliphatic carboxylic acids is 1. The van der Waals surface area contributed by atoms with E-state index in [-0.39, 0.29) is 5.91 Å². The molecule has 35 heavy (non-hydrogen) atoms. The second kappa shape index (κ2) is 11.1. The molecule has 0 aromatic carbocycles. The van der Waals surface area contributed by atoms with Gasteiger partial charge in [-0.25, -0.2) is 14.8 Å². The van der Waals surface area contributed by atoms with Gasteiger partial charge in [-0.05, 0) is 45.8 Å². The first-order valence-electron chi connectivity index (χ1n) is 11.5. The van der Waals surface area contributed by atoms with Gasteiger partial charge in [0.25, 0.3) is 5.91 Å². The van der Waals surface area contributed by atoms with Gasteiger partial charge in [0, 0.05) is 69.0 Å². The number of hydrogen-bond donors (Lipinski definition) is 1. The Kier molecular flexibility index (Phi) is 8.36. The lowest BCUT2D eigenvalue weighted by molar-refractivity contribution is -0.192. The molecule has 0 spiro atoms. The zero-order valence-corrected chi connectivity index (χ0v) is 20.1. The van der Waals surface area contributed by atoms with E-state index in [2.05, 4.69) is 33.9 Å². The van der Waals surface area contributed by atoms with Crippen LogP contribution >= 0.6 is 0 Å². The summed E-state index contributed by atoms with van der Waals surface area (Å²) in [6.45, 7) is 3.70. The van der Waals surface area contributed by atoms with Crippen molar-refractivity contribution in [2.45, 2.75) is 37.9 Å². The van der Waals surface area contributed by atoms with Gasteiger partial charge in [0.2, 0.25) is 5.95 Å². The number of aryl methyl sites for hydroxylation is 1. The minimum absolute atomic E-state index is 0.112. The molecular weight excluding hydrogens is 465 g/mol. The zero-order chi connectivity index (χ0) is 25.8. The predicted octanol–water partition coefficient (Wildman–Crippen LogP) is 2.88. The molecule has 2 aliphatic rings. The molecule has 0 unspecified atom stereocenters. The summed E-state index contributed by atoms with van der Waals surface area (Å²) in [6.07, 6.45) is 5.12. The number of carboxylic acid groups (broad SMARTS) is 1. The van der Waals surface area contributed by atoms with Crippen LogP contribution in [0.5, 0.6) is 0 Å².